The van der Waals surface area contributed by atoms with Crippen molar-refractivity contribution in [3.8, 4) is 5.75 Å². The number of carbonyl (C=O) groups excluding carboxylic acids is 2. The Kier molecular flexibility index (Phi) is 6.13. The summed E-state index contributed by atoms with van der Waals surface area (Å²) in [6.45, 7) is 2.20. The molecule has 7 unspecified atom stereocenters. The van der Waals surface area contributed by atoms with E-state index in [1.807, 2.05) is 0 Å². The summed E-state index contributed by atoms with van der Waals surface area (Å²) in [4.78, 5) is 24.1. The number of aliphatic hydroxyl groups is 4. The molecule has 1 saturated heterocycles. The number of ketones is 2. The summed E-state index contributed by atoms with van der Waals surface area (Å²) in [5.74, 6) is -0.287. The maximum Gasteiger partial charge on any atom is 0.199 e. The van der Waals surface area contributed by atoms with Crippen LogP contribution in [-0.4, -0.2) is 82.0 Å². The van der Waals surface area contributed by atoms with Crippen molar-refractivity contribution in [1.82, 2.24) is 0 Å². The number of ether oxygens (including phenoxy) is 3. The smallest absolute Gasteiger partial charge is 0.199 e. The molecule has 2 heterocycles. The molecule has 4 N–H and O–H groups in total. The van der Waals surface area contributed by atoms with E-state index in [0.29, 0.717) is 11.3 Å². The molecule has 2 aliphatic rings. The van der Waals surface area contributed by atoms with Crippen molar-refractivity contribution in [2.75, 3.05) is 13.2 Å². The molecule has 7 atom stereocenters. The Morgan fingerprint density at radius 2 is 1.86 bits per heavy atom. The van der Waals surface area contributed by atoms with E-state index in [-0.39, 0.29) is 11.7 Å². The first kappa shape index (κ1) is 20.8. The highest BCUT2D eigenvalue weighted by Gasteiger charge is 2.45. The minimum Gasteiger partial charge on any atom is -0.482 e. The van der Waals surface area contributed by atoms with Crippen LogP contribution in [0, 0.1) is 0 Å². The SMILES string of the molecule is CC(=O)c1ccc2c(c1)C(C)C(C(=O)COC1OC(CO)C(O)C(O)C1O)O2. The molecule has 0 aliphatic carbocycles. The van der Waals surface area contributed by atoms with Gasteiger partial charge in [0.05, 0.1) is 6.61 Å². The van der Waals surface area contributed by atoms with Crippen LogP contribution >= 0.6 is 0 Å². The number of benzene rings is 1. The van der Waals surface area contributed by atoms with E-state index in [2.05, 4.69) is 0 Å². The van der Waals surface area contributed by atoms with Gasteiger partial charge in [-0.3, -0.25) is 9.59 Å². The van der Waals surface area contributed by atoms with E-state index in [4.69, 9.17) is 14.2 Å². The second kappa shape index (κ2) is 8.24. The van der Waals surface area contributed by atoms with Gasteiger partial charge in [0.25, 0.3) is 0 Å². The third-order valence-electron chi connectivity index (χ3n) is 5.17. The topological polar surface area (TPSA) is 143 Å². The molecule has 2 aliphatic heterocycles. The Bertz CT molecular complexity index is 747. The quantitative estimate of drug-likeness (QED) is 0.452. The molecule has 0 radical (unpaired) electrons. The lowest BCUT2D eigenvalue weighted by Gasteiger charge is -2.39. The van der Waals surface area contributed by atoms with E-state index >= 15 is 0 Å². The second-order valence-electron chi connectivity index (χ2n) is 7.11. The third-order valence-corrected chi connectivity index (χ3v) is 5.17. The lowest BCUT2D eigenvalue weighted by atomic mass is 9.93. The van der Waals surface area contributed by atoms with Crippen LogP contribution < -0.4 is 4.74 Å². The fourth-order valence-corrected chi connectivity index (χ4v) is 3.43. The van der Waals surface area contributed by atoms with Crippen molar-refractivity contribution in [3.05, 3.63) is 29.3 Å². The summed E-state index contributed by atoms with van der Waals surface area (Å²) in [6, 6.07) is 4.98. The predicted octanol–water partition coefficient (Wildman–Crippen LogP) is -0.861. The number of hydrogen-bond donors (Lipinski definition) is 4. The van der Waals surface area contributed by atoms with Crippen LogP contribution in [0.2, 0.25) is 0 Å². The molecule has 0 saturated carbocycles. The Morgan fingerprint density at radius 1 is 1.14 bits per heavy atom. The van der Waals surface area contributed by atoms with Crippen molar-refractivity contribution in [3.63, 3.8) is 0 Å². The summed E-state index contributed by atoms with van der Waals surface area (Å²) in [5.41, 5.74) is 1.28. The molecule has 1 aromatic rings. The normalized spacial score (nSPS) is 34.6. The van der Waals surface area contributed by atoms with Crippen LogP contribution in [0.4, 0.5) is 0 Å². The van der Waals surface area contributed by atoms with Gasteiger partial charge in [-0.15, -0.1) is 0 Å². The maximum atomic E-state index is 12.6. The fraction of sp³-hybridized carbons (Fsp3) is 0.579. The largest absolute Gasteiger partial charge is 0.482 e. The fourth-order valence-electron chi connectivity index (χ4n) is 3.43. The number of Topliss-reactive ketones (excluding diaryl/α,β-unsaturated/α-hetero) is 2. The van der Waals surface area contributed by atoms with Crippen molar-refractivity contribution in [2.45, 2.75) is 56.6 Å². The van der Waals surface area contributed by atoms with Crippen molar-refractivity contribution in [1.29, 1.82) is 0 Å². The van der Waals surface area contributed by atoms with Crippen LogP contribution in [-0.2, 0) is 14.3 Å². The summed E-state index contributed by atoms with van der Waals surface area (Å²) in [5, 5.41) is 38.7. The van der Waals surface area contributed by atoms with E-state index in [9.17, 15) is 30.0 Å². The average molecular weight is 396 g/mol. The molecule has 0 amide bonds. The van der Waals surface area contributed by atoms with Crippen LogP contribution in [0.25, 0.3) is 0 Å². The van der Waals surface area contributed by atoms with Gasteiger partial charge in [0.15, 0.2) is 24.0 Å². The van der Waals surface area contributed by atoms with Gasteiger partial charge in [-0.2, -0.15) is 0 Å². The maximum absolute atomic E-state index is 12.6. The Morgan fingerprint density at radius 3 is 2.50 bits per heavy atom. The molecule has 9 nitrogen and oxygen atoms in total. The monoisotopic (exact) mass is 396 g/mol. The molecule has 28 heavy (non-hydrogen) atoms. The first-order chi connectivity index (χ1) is 13.2. The highest BCUT2D eigenvalue weighted by Crippen LogP contribution is 2.39. The highest BCUT2D eigenvalue weighted by molar-refractivity contribution is 5.95. The molecule has 154 valence electrons. The van der Waals surface area contributed by atoms with Gasteiger partial charge in [-0.1, -0.05) is 6.92 Å². The van der Waals surface area contributed by atoms with Crippen molar-refractivity contribution >= 4 is 11.6 Å². The van der Waals surface area contributed by atoms with Gasteiger partial charge in [-0.05, 0) is 25.1 Å². The minimum atomic E-state index is -1.58. The van der Waals surface area contributed by atoms with Gasteiger partial charge >= 0.3 is 0 Å². The highest BCUT2D eigenvalue weighted by atomic mass is 16.7. The van der Waals surface area contributed by atoms with Crippen LogP contribution in [0.3, 0.4) is 0 Å². The first-order valence-corrected chi connectivity index (χ1v) is 9.01. The predicted molar refractivity (Wildman–Crippen MR) is 94.0 cm³/mol. The lowest BCUT2D eigenvalue weighted by Crippen LogP contribution is -2.59. The lowest BCUT2D eigenvalue weighted by molar-refractivity contribution is -0.299. The molecule has 3 rings (SSSR count). The number of rotatable bonds is 6. The molecule has 1 aromatic carbocycles. The summed E-state index contributed by atoms with van der Waals surface area (Å²) in [6.07, 6.45) is -8.00. The minimum absolute atomic E-state index is 0.0873. The molecule has 9 heteroatoms. The number of fused-ring (bicyclic) bond motifs is 1. The average Bonchev–Trinajstić information content (AvgIpc) is 3.01. The van der Waals surface area contributed by atoms with E-state index < -0.39 is 55.8 Å². The summed E-state index contributed by atoms with van der Waals surface area (Å²) < 4.78 is 16.2. The Hall–Kier alpha value is -1.88. The van der Waals surface area contributed by atoms with Gasteiger partial charge in [0.1, 0.15) is 36.8 Å². The zero-order valence-corrected chi connectivity index (χ0v) is 15.5. The zero-order valence-electron chi connectivity index (χ0n) is 15.5. The molecular weight excluding hydrogens is 372 g/mol. The van der Waals surface area contributed by atoms with E-state index in [1.54, 1.807) is 25.1 Å². The summed E-state index contributed by atoms with van der Waals surface area (Å²) in [7, 11) is 0. The van der Waals surface area contributed by atoms with Crippen LogP contribution in [0.1, 0.15) is 35.7 Å². The summed E-state index contributed by atoms with van der Waals surface area (Å²) >= 11 is 0. The number of carbonyl (C=O) groups is 2. The molecule has 0 aromatic heterocycles. The van der Waals surface area contributed by atoms with Gasteiger partial charge in [0, 0.05) is 17.0 Å². The van der Waals surface area contributed by atoms with Crippen LogP contribution in [0.5, 0.6) is 5.75 Å². The standard InChI is InChI=1S/C19H24O9/c1-8-11-5-10(9(2)21)3-4-13(11)27-18(8)12(22)7-26-19-17(25)16(24)15(23)14(6-20)28-19/h3-5,8,14-20,23-25H,6-7H2,1-2H3. The van der Waals surface area contributed by atoms with Crippen molar-refractivity contribution in [2.24, 2.45) is 0 Å². The van der Waals surface area contributed by atoms with Crippen LogP contribution in [0.15, 0.2) is 18.2 Å². The van der Waals surface area contributed by atoms with E-state index in [0.717, 1.165) is 5.56 Å². The first-order valence-electron chi connectivity index (χ1n) is 9.01. The number of hydrogen-bond acceptors (Lipinski definition) is 9. The Labute approximate surface area is 161 Å². The second-order valence-corrected chi connectivity index (χ2v) is 7.11. The third kappa shape index (κ3) is 3.82. The zero-order chi connectivity index (χ0) is 20.6. The molecular formula is C19H24O9. The van der Waals surface area contributed by atoms with Crippen molar-refractivity contribution < 1.29 is 44.2 Å². The van der Waals surface area contributed by atoms with Gasteiger partial charge < -0.3 is 34.6 Å². The van der Waals surface area contributed by atoms with E-state index in [1.165, 1.54) is 6.92 Å². The van der Waals surface area contributed by atoms with Gasteiger partial charge in [-0.25, -0.2) is 0 Å². The Balaban J connectivity index is 1.63. The molecule has 0 bridgehead atoms. The number of aliphatic hydroxyl groups excluding tert-OH is 4. The molecule has 0 spiro atoms. The molecule has 1 fully saturated rings. The van der Waals surface area contributed by atoms with Gasteiger partial charge in [0.2, 0.25) is 0 Å².